The second-order valence-corrected chi connectivity index (χ2v) is 14.5. The molecule has 0 bridgehead atoms. The molecule has 8 aromatic carbocycles. The molecule has 0 aliphatic carbocycles. The van der Waals surface area contributed by atoms with Gasteiger partial charge in [-0.2, -0.15) is 0 Å². The van der Waals surface area contributed by atoms with Crippen LogP contribution >= 0.6 is 0 Å². The number of aromatic nitrogens is 2. The zero-order valence-electron chi connectivity index (χ0n) is 31.1. The molecular weight excluding hydrogens is 695 g/mol. The van der Waals surface area contributed by atoms with Gasteiger partial charge in [-0.15, -0.1) is 0 Å². The van der Waals surface area contributed by atoms with E-state index >= 15 is 0 Å². The number of hydrogen-bond acceptors (Lipinski definition) is 2. The minimum atomic E-state index is 0.621. The Bertz CT molecular complexity index is 3510. The van der Waals surface area contributed by atoms with Crippen LogP contribution in [-0.4, -0.2) is 9.13 Å². The maximum Gasteiger partial charge on any atom is 0.137 e. The largest absolute Gasteiger partial charge is 0.456 e. The molecule has 0 spiro atoms. The molecule has 0 unspecified atom stereocenters. The van der Waals surface area contributed by atoms with Gasteiger partial charge in [-0.1, -0.05) is 134 Å². The number of hydrogen-bond donors (Lipinski definition) is 0. The van der Waals surface area contributed by atoms with E-state index in [1.807, 2.05) is 42.5 Å². The van der Waals surface area contributed by atoms with E-state index in [2.05, 4.69) is 168 Å². The Morgan fingerprint density at radius 3 is 1.82 bits per heavy atom. The van der Waals surface area contributed by atoms with Gasteiger partial charge in [0.2, 0.25) is 0 Å². The van der Waals surface area contributed by atoms with Crippen molar-refractivity contribution in [2.24, 2.45) is 4.99 Å². The van der Waals surface area contributed by atoms with E-state index < -0.39 is 0 Å². The molecule has 11 aromatic rings. The Kier molecular flexibility index (Phi) is 7.44. The molecule has 4 nitrogen and oxygen atoms in total. The molecule has 0 radical (unpaired) electrons. The third kappa shape index (κ3) is 5.19. The summed E-state index contributed by atoms with van der Waals surface area (Å²) in [7, 11) is 0. The van der Waals surface area contributed by atoms with Crippen molar-refractivity contribution < 1.29 is 4.42 Å². The predicted octanol–water partition coefficient (Wildman–Crippen LogP) is 13.8. The Labute approximate surface area is 328 Å². The first kappa shape index (κ1) is 32.7. The van der Waals surface area contributed by atoms with Crippen molar-refractivity contribution in [2.45, 2.75) is 0 Å². The lowest BCUT2D eigenvalue weighted by atomic mass is 10.0. The summed E-state index contributed by atoms with van der Waals surface area (Å²) in [4.78, 5) is 5.32. The van der Waals surface area contributed by atoms with E-state index in [1.165, 1.54) is 32.9 Å². The fraction of sp³-hybridized carbons (Fsp3) is 0. The molecule has 11 rings (SSSR count). The second kappa shape index (κ2) is 13.0. The molecule has 0 aliphatic heterocycles. The molecule has 0 saturated carbocycles. The summed E-state index contributed by atoms with van der Waals surface area (Å²) in [6.45, 7) is 8.69. The molecular formula is C53H35N3O. The first-order valence-electron chi connectivity index (χ1n) is 19.2. The Balaban J connectivity index is 1.07. The highest BCUT2D eigenvalue weighted by molar-refractivity contribution is 6.13. The van der Waals surface area contributed by atoms with Crippen LogP contribution in [0, 0.1) is 0 Å². The molecule has 3 heterocycles. The van der Waals surface area contributed by atoms with Crippen LogP contribution in [-0.2, 0) is 0 Å². The third-order valence-corrected chi connectivity index (χ3v) is 11.3. The van der Waals surface area contributed by atoms with Gasteiger partial charge in [-0.25, -0.2) is 4.99 Å². The van der Waals surface area contributed by atoms with Crippen LogP contribution in [0.1, 0.15) is 5.56 Å². The van der Waals surface area contributed by atoms with Gasteiger partial charge in [-0.05, 0) is 94.5 Å². The quantitative estimate of drug-likeness (QED) is 0.157. The highest BCUT2D eigenvalue weighted by atomic mass is 16.3. The van der Waals surface area contributed by atoms with Crippen LogP contribution in [0.2, 0.25) is 0 Å². The van der Waals surface area contributed by atoms with Crippen LogP contribution in [0.15, 0.2) is 205 Å². The van der Waals surface area contributed by atoms with Crippen LogP contribution in [0.4, 0.5) is 0 Å². The fourth-order valence-corrected chi connectivity index (χ4v) is 8.67. The SMILES string of the molecule is C=Cc1cccc2oc3ccccc3/c(=N/C(=C)n3c4ccccc4c4cc(-c5ccc6c(c5)c5ccccc5n6-c5cccc(-c6ccccc6)c5)ccc43)c12. The summed E-state index contributed by atoms with van der Waals surface area (Å²) in [5.74, 6) is 0.621. The van der Waals surface area contributed by atoms with E-state index in [0.717, 1.165) is 71.5 Å². The van der Waals surface area contributed by atoms with E-state index in [-0.39, 0.29) is 0 Å². The van der Waals surface area contributed by atoms with Crippen LogP contribution in [0.3, 0.4) is 0 Å². The van der Waals surface area contributed by atoms with Crippen LogP contribution in [0.5, 0.6) is 0 Å². The molecule has 57 heavy (non-hydrogen) atoms. The normalized spacial score (nSPS) is 12.1. The molecule has 268 valence electrons. The van der Waals surface area contributed by atoms with Gasteiger partial charge in [0.25, 0.3) is 0 Å². The standard InChI is InChI=1S/C53H35N3O/c1-3-35-17-14-26-51-52(35)53(43-22-9-12-25-50(43)57-51)54-34(2)55-46-23-10-7-20-41(46)44-32-38(27-29-48(44)55)39-28-30-49-45(33-39)42-21-8-11-24-47(42)56(49)40-19-13-18-37(31-40)36-15-5-4-6-16-36/h3-33H,1-2H2/b54-53-. The minimum absolute atomic E-state index is 0.621. The first-order chi connectivity index (χ1) is 28.1. The Morgan fingerprint density at radius 1 is 0.474 bits per heavy atom. The summed E-state index contributed by atoms with van der Waals surface area (Å²) >= 11 is 0. The van der Waals surface area contributed by atoms with Crippen molar-refractivity contribution in [2.75, 3.05) is 0 Å². The van der Waals surface area contributed by atoms with Gasteiger partial charge in [0.05, 0.1) is 32.8 Å². The Hall–Kier alpha value is -7.69. The van der Waals surface area contributed by atoms with Crippen molar-refractivity contribution in [3.63, 3.8) is 0 Å². The van der Waals surface area contributed by atoms with Gasteiger partial charge in [0.15, 0.2) is 0 Å². The van der Waals surface area contributed by atoms with Crippen molar-refractivity contribution in [3.05, 3.63) is 206 Å². The highest BCUT2D eigenvalue weighted by Crippen LogP contribution is 2.39. The maximum atomic E-state index is 6.35. The lowest BCUT2D eigenvalue weighted by Gasteiger charge is -2.11. The monoisotopic (exact) mass is 729 g/mol. The average molecular weight is 730 g/mol. The number of fused-ring (bicyclic) bond motifs is 8. The molecule has 0 fully saturated rings. The smallest absolute Gasteiger partial charge is 0.137 e. The summed E-state index contributed by atoms with van der Waals surface area (Å²) in [5, 5.41) is 7.38. The summed E-state index contributed by atoms with van der Waals surface area (Å²) in [6, 6.07) is 64.3. The number of para-hydroxylation sites is 3. The van der Waals surface area contributed by atoms with E-state index in [0.29, 0.717) is 5.82 Å². The van der Waals surface area contributed by atoms with E-state index in [1.54, 1.807) is 0 Å². The van der Waals surface area contributed by atoms with Crippen LogP contribution in [0.25, 0.3) is 105 Å². The zero-order valence-corrected chi connectivity index (χ0v) is 31.1. The highest BCUT2D eigenvalue weighted by Gasteiger charge is 2.17. The maximum absolute atomic E-state index is 6.35. The van der Waals surface area contributed by atoms with Gasteiger partial charge in [0.1, 0.15) is 17.0 Å². The number of rotatable bonds is 6. The van der Waals surface area contributed by atoms with Crippen LogP contribution < -0.4 is 5.36 Å². The Morgan fingerprint density at radius 2 is 1.04 bits per heavy atom. The molecule has 0 amide bonds. The first-order valence-corrected chi connectivity index (χ1v) is 19.2. The molecule has 0 saturated heterocycles. The average Bonchev–Trinajstić information content (AvgIpc) is 3.78. The molecule has 0 atom stereocenters. The van der Waals surface area contributed by atoms with Crippen molar-refractivity contribution in [1.29, 1.82) is 0 Å². The lowest BCUT2D eigenvalue weighted by molar-refractivity contribution is 0.659. The summed E-state index contributed by atoms with van der Waals surface area (Å²) < 4.78 is 10.9. The van der Waals surface area contributed by atoms with Crippen molar-refractivity contribution >= 4 is 77.4 Å². The summed E-state index contributed by atoms with van der Waals surface area (Å²) in [5.41, 5.74) is 12.8. The van der Waals surface area contributed by atoms with E-state index in [4.69, 9.17) is 9.41 Å². The topological polar surface area (TPSA) is 35.4 Å². The predicted molar refractivity (Wildman–Crippen MR) is 239 cm³/mol. The molecule has 3 aromatic heterocycles. The molecule has 0 N–H and O–H groups in total. The van der Waals surface area contributed by atoms with Gasteiger partial charge < -0.3 is 8.98 Å². The fourth-order valence-electron chi connectivity index (χ4n) is 8.67. The second-order valence-electron chi connectivity index (χ2n) is 14.5. The third-order valence-electron chi connectivity index (χ3n) is 11.3. The van der Waals surface area contributed by atoms with Gasteiger partial charge in [-0.3, -0.25) is 4.57 Å². The molecule has 4 heteroatoms. The minimum Gasteiger partial charge on any atom is -0.456 e. The van der Waals surface area contributed by atoms with Gasteiger partial charge >= 0.3 is 0 Å². The zero-order chi connectivity index (χ0) is 38.0. The van der Waals surface area contributed by atoms with Crippen molar-refractivity contribution in [3.8, 4) is 27.9 Å². The van der Waals surface area contributed by atoms with Gasteiger partial charge in [0, 0.05) is 32.6 Å². The van der Waals surface area contributed by atoms with E-state index in [9.17, 15) is 0 Å². The van der Waals surface area contributed by atoms with Crippen molar-refractivity contribution in [1.82, 2.24) is 9.13 Å². The number of benzene rings is 8. The number of nitrogens with zero attached hydrogens (tertiary/aromatic N) is 3. The lowest BCUT2D eigenvalue weighted by Crippen LogP contribution is -2.08. The molecule has 0 aliphatic rings. The summed E-state index contributed by atoms with van der Waals surface area (Å²) in [6.07, 6.45) is 1.86.